The van der Waals surface area contributed by atoms with E-state index in [0.29, 0.717) is 16.3 Å². The van der Waals surface area contributed by atoms with Crippen molar-refractivity contribution in [3.05, 3.63) is 58.1 Å². The molecule has 0 amide bonds. The van der Waals surface area contributed by atoms with Gasteiger partial charge in [-0.15, -0.1) is 0 Å². The number of halogens is 1. The van der Waals surface area contributed by atoms with E-state index in [1.807, 2.05) is 12.1 Å². The molecular formula is C16H13ClN2O. The van der Waals surface area contributed by atoms with E-state index in [1.54, 1.807) is 24.3 Å². The van der Waals surface area contributed by atoms with Gasteiger partial charge in [0.25, 0.3) is 0 Å². The second kappa shape index (κ2) is 5.07. The van der Waals surface area contributed by atoms with Crippen LogP contribution in [-0.4, -0.2) is 5.11 Å². The second-order valence-electron chi connectivity index (χ2n) is 4.93. The van der Waals surface area contributed by atoms with Crippen LogP contribution in [0.3, 0.4) is 0 Å². The van der Waals surface area contributed by atoms with Crippen molar-refractivity contribution < 1.29 is 5.11 Å². The Kier molecular flexibility index (Phi) is 3.25. The normalized spacial score (nSPS) is 16.5. The standard InChI is InChI=1S/C16H13ClN2O/c17-14-5-1-10(9-18)7-16(14)19-15-6-2-11-8-12(20)3-4-13(11)15/h1,3-5,7-8,15,19-20H,2,6H2. The molecule has 0 spiro atoms. The molecule has 0 saturated heterocycles. The van der Waals surface area contributed by atoms with E-state index in [2.05, 4.69) is 11.4 Å². The number of phenolic OH excluding ortho intramolecular Hbond substituents is 1. The summed E-state index contributed by atoms with van der Waals surface area (Å²) in [5, 5.41) is 22.5. The van der Waals surface area contributed by atoms with Gasteiger partial charge in [0, 0.05) is 0 Å². The van der Waals surface area contributed by atoms with Gasteiger partial charge < -0.3 is 10.4 Å². The number of anilines is 1. The van der Waals surface area contributed by atoms with Crippen molar-refractivity contribution in [2.75, 3.05) is 5.32 Å². The van der Waals surface area contributed by atoms with Crippen LogP contribution in [0.25, 0.3) is 0 Å². The number of nitriles is 1. The minimum absolute atomic E-state index is 0.164. The van der Waals surface area contributed by atoms with Gasteiger partial charge in [-0.25, -0.2) is 0 Å². The molecule has 1 atom stereocenters. The molecule has 20 heavy (non-hydrogen) atoms. The molecule has 0 heterocycles. The third-order valence-electron chi connectivity index (χ3n) is 3.63. The van der Waals surface area contributed by atoms with Crippen LogP contribution in [0.2, 0.25) is 5.02 Å². The average molecular weight is 285 g/mol. The van der Waals surface area contributed by atoms with Crippen LogP contribution >= 0.6 is 11.6 Å². The number of rotatable bonds is 2. The van der Waals surface area contributed by atoms with E-state index >= 15 is 0 Å². The van der Waals surface area contributed by atoms with E-state index in [9.17, 15) is 5.11 Å². The molecular weight excluding hydrogens is 272 g/mol. The summed E-state index contributed by atoms with van der Waals surface area (Å²) in [6.45, 7) is 0. The van der Waals surface area contributed by atoms with Crippen LogP contribution < -0.4 is 5.32 Å². The third-order valence-corrected chi connectivity index (χ3v) is 3.96. The SMILES string of the molecule is N#Cc1ccc(Cl)c(NC2CCc3cc(O)ccc32)c1. The van der Waals surface area contributed by atoms with Gasteiger partial charge in [-0.05, 0) is 54.3 Å². The summed E-state index contributed by atoms with van der Waals surface area (Å²) in [7, 11) is 0. The summed E-state index contributed by atoms with van der Waals surface area (Å²) >= 11 is 6.17. The van der Waals surface area contributed by atoms with E-state index in [4.69, 9.17) is 16.9 Å². The van der Waals surface area contributed by atoms with Gasteiger partial charge in [-0.1, -0.05) is 17.7 Å². The summed E-state index contributed by atoms with van der Waals surface area (Å²) in [4.78, 5) is 0. The van der Waals surface area contributed by atoms with Crippen molar-refractivity contribution in [2.24, 2.45) is 0 Å². The van der Waals surface area contributed by atoms with Gasteiger partial charge in [0.1, 0.15) is 5.75 Å². The number of hydrogen-bond donors (Lipinski definition) is 2. The lowest BCUT2D eigenvalue weighted by Gasteiger charge is -2.17. The molecule has 3 nitrogen and oxygen atoms in total. The van der Waals surface area contributed by atoms with Crippen LogP contribution in [0.15, 0.2) is 36.4 Å². The monoisotopic (exact) mass is 284 g/mol. The maximum absolute atomic E-state index is 9.51. The van der Waals surface area contributed by atoms with Gasteiger partial charge in [-0.3, -0.25) is 0 Å². The van der Waals surface area contributed by atoms with Crippen molar-refractivity contribution in [1.29, 1.82) is 5.26 Å². The summed E-state index contributed by atoms with van der Waals surface area (Å²) in [5.41, 5.74) is 3.70. The molecule has 4 heteroatoms. The van der Waals surface area contributed by atoms with Crippen LogP contribution in [0, 0.1) is 11.3 Å². The van der Waals surface area contributed by atoms with E-state index in [1.165, 1.54) is 5.56 Å². The fourth-order valence-corrected chi connectivity index (χ4v) is 2.82. The molecule has 100 valence electrons. The average Bonchev–Trinajstić information content (AvgIpc) is 2.83. The molecule has 2 aromatic carbocycles. The van der Waals surface area contributed by atoms with Crippen molar-refractivity contribution in [3.8, 4) is 11.8 Å². The first kappa shape index (κ1) is 12.8. The largest absolute Gasteiger partial charge is 0.508 e. The Labute approximate surface area is 122 Å². The van der Waals surface area contributed by atoms with E-state index in [-0.39, 0.29) is 6.04 Å². The number of hydrogen-bond acceptors (Lipinski definition) is 3. The molecule has 1 unspecified atom stereocenters. The second-order valence-corrected chi connectivity index (χ2v) is 5.33. The molecule has 1 aliphatic carbocycles. The third kappa shape index (κ3) is 2.31. The van der Waals surface area contributed by atoms with E-state index in [0.717, 1.165) is 24.1 Å². The lowest BCUT2D eigenvalue weighted by atomic mass is 10.1. The molecule has 1 aliphatic rings. The van der Waals surface area contributed by atoms with Crippen molar-refractivity contribution in [1.82, 2.24) is 0 Å². The number of fused-ring (bicyclic) bond motifs is 1. The zero-order valence-corrected chi connectivity index (χ0v) is 11.5. The lowest BCUT2D eigenvalue weighted by Crippen LogP contribution is -2.07. The fourth-order valence-electron chi connectivity index (χ4n) is 2.65. The Balaban J connectivity index is 1.89. The van der Waals surface area contributed by atoms with Crippen LogP contribution in [0.5, 0.6) is 5.75 Å². The molecule has 0 saturated carbocycles. The number of nitrogens with zero attached hydrogens (tertiary/aromatic N) is 1. The van der Waals surface area contributed by atoms with Crippen molar-refractivity contribution in [2.45, 2.75) is 18.9 Å². The first-order valence-corrected chi connectivity index (χ1v) is 6.83. The molecule has 0 bridgehead atoms. The fraction of sp³-hybridized carbons (Fsp3) is 0.188. The molecule has 2 N–H and O–H groups in total. The van der Waals surface area contributed by atoms with Crippen molar-refractivity contribution in [3.63, 3.8) is 0 Å². The zero-order chi connectivity index (χ0) is 14.1. The highest BCUT2D eigenvalue weighted by molar-refractivity contribution is 6.33. The Hall–Kier alpha value is -2.18. The highest BCUT2D eigenvalue weighted by Gasteiger charge is 2.23. The predicted octanol–water partition coefficient (Wildman–Crippen LogP) is 4.02. The maximum atomic E-state index is 9.51. The number of nitrogens with one attached hydrogen (secondary N) is 1. The molecule has 0 aromatic heterocycles. The van der Waals surface area contributed by atoms with Gasteiger partial charge in [-0.2, -0.15) is 5.26 Å². The quantitative estimate of drug-likeness (QED) is 0.876. The Morgan fingerprint density at radius 1 is 1.25 bits per heavy atom. The van der Waals surface area contributed by atoms with Crippen molar-refractivity contribution >= 4 is 17.3 Å². The van der Waals surface area contributed by atoms with Gasteiger partial charge in [0.05, 0.1) is 28.4 Å². The minimum Gasteiger partial charge on any atom is -0.508 e. The van der Waals surface area contributed by atoms with E-state index < -0.39 is 0 Å². The lowest BCUT2D eigenvalue weighted by molar-refractivity contribution is 0.474. The first-order valence-electron chi connectivity index (χ1n) is 6.45. The first-order chi connectivity index (χ1) is 9.67. The number of aromatic hydroxyl groups is 1. The smallest absolute Gasteiger partial charge is 0.115 e. The van der Waals surface area contributed by atoms with Crippen LogP contribution in [0.1, 0.15) is 29.2 Å². The summed E-state index contributed by atoms with van der Waals surface area (Å²) in [5.74, 6) is 0.300. The van der Waals surface area contributed by atoms with Gasteiger partial charge in [0.15, 0.2) is 0 Å². The summed E-state index contributed by atoms with van der Waals surface area (Å²) in [6, 6.07) is 12.9. The summed E-state index contributed by atoms with van der Waals surface area (Å²) < 4.78 is 0. The minimum atomic E-state index is 0.164. The Bertz CT molecular complexity index is 706. The number of benzene rings is 2. The maximum Gasteiger partial charge on any atom is 0.115 e. The molecule has 0 aliphatic heterocycles. The van der Waals surface area contributed by atoms with Gasteiger partial charge >= 0.3 is 0 Å². The van der Waals surface area contributed by atoms with Crippen LogP contribution in [0.4, 0.5) is 5.69 Å². The topological polar surface area (TPSA) is 56.0 Å². The highest BCUT2D eigenvalue weighted by atomic mass is 35.5. The van der Waals surface area contributed by atoms with Gasteiger partial charge in [0.2, 0.25) is 0 Å². The Morgan fingerprint density at radius 3 is 2.90 bits per heavy atom. The number of phenols is 1. The zero-order valence-electron chi connectivity index (χ0n) is 10.7. The highest BCUT2D eigenvalue weighted by Crippen LogP contribution is 2.37. The summed E-state index contributed by atoms with van der Waals surface area (Å²) in [6.07, 6.45) is 1.88. The molecule has 2 aromatic rings. The Morgan fingerprint density at radius 2 is 2.10 bits per heavy atom. The molecule has 3 rings (SSSR count). The predicted molar refractivity (Wildman–Crippen MR) is 79.0 cm³/mol. The number of aryl methyl sites for hydroxylation is 1. The molecule has 0 radical (unpaired) electrons. The van der Waals surface area contributed by atoms with Crippen LogP contribution in [-0.2, 0) is 6.42 Å². The molecule has 0 fully saturated rings.